The number of allylic oxidation sites excluding steroid dienone is 2. The number of aryl methyl sites for hydroxylation is 2. The molecule has 0 unspecified atom stereocenters. The van der Waals surface area contributed by atoms with Gasteiger partial charge in [-0.05, 0) is 62.1 Å². The Bertz CT molecular complexity index is 1440. The maximum absolute atomic E-state index is 14.2. The van der Waals surface area contributed by atoms with Gasteiger partial charge in [-0.3, -0.25) is 19.2 Å². The van der Waals surface area contributed by atoms with E-state index in [-0.39, 0.29) is 54.3 Å². The van der Waals surface area contributed by atoms with E-state index in [2.05, 4.69) is 0 Å². The smallest absolute Gasteiger partial charge is 0.209 e. The molecule has 0 amide bonds. The summed E-state index contributed by atoms with van der Waals surface area (Å²) in [6.45, 7) is 7.36. The molecule has 1 fully saturated rings. The van der Waals surface area contributed by atoms with Crippen molar-refractivity contribution in [2.45, 2.75) is 84.7 Å². The van der Waals surface area contributed by atoms with Crippen LogP contribution in [0.15, 0.2) is 28.7 Å². The van der Waals surface area contributed by atoms with Crippen LogP contribution in [0.3, 0.4) is 0 Å². The summed E-state index contributed by atoms with van der Waals surface area (Å²) >= 11 is 0. The van der Waals surface area contributed by atoms with E-state index < -0.39 is 50.9 Å². The summed E-state index contributed by atoms with van der Waals surface area (Å²) < 4.78 is 5.38. The van der Waals surface area contributed by atoms with Gasteiger partial charge in [-0.15, -0.1) is 0 Å². The maximum atomic E-state index is 14.2. The average molecular weight is 567 g/mol. The van der Waals surface area contributed by atoms with Crippen LogP contribution >= 0.6 is 0 Å². The van der Waals surface area contributed by atoms with Crippen molar-refractivity contribution in [2.24, 2.45) is 16.7 Å². The summed E-state index contributed by atoms with van der Waals surface area (Å²) in [7, 11) is 0. The molecule has 1 heterocycles. The molecule has 41 heavy (non-hydrogen) atoms. The zero-order chi connectivity index (χ0) is 30.1. The number of phenolic OH excluding ortho intramolecular Hbond substituents is 1. The van der Waals surface area contributed by atoms with E-state index in [1.165, 1.54) is 0 Å². The van der Waals surface area contributed by atoms with Gasteiger partial charge in [0.25, 0.3) is 0 Å². The normalized spacial score (nSPS) is 30.2. The number of hydrogen-bond acceptors (Lipinski definition) is 9. The largest absolute Gasteiger partial charge is 0.511 e. The molecule has 4 aliphatic rings. The van der Waals surface area contributed by atoms with Crippen molar-refractivity contribution < 1.29 is 44.3 Å². The second-order valence-corrected chi connectivity index (χ2v) is 12.7. The number of phenols is 1. The van der Waals surface area contributed by atoms with Crippen LogP contribution in [-0.2, 0) is 38.4 Å². The standard InChI is InChI=1S/C32H38O9/c1-5-17-12-19(6-7-21(34)18-8-10-41-11-9-18)20-13-30(3)15-31(4)14-22(35)23(16(2)33)28(38)32(31,40)29(39)25(30)27(37)24(20)26(17)36/h12,18,35-36,39-40H,5-11,13-15H2,1-4H3/t30-,31+,32+/m1/s1. The third kappa shape index (κ3) is 4.19. The molecule has 9 nitrogen and oxygen atoms in total. The van der Waals surface area contributed by atoms with E-state index >= 15 is 0 Å². The number of fused-ring (bicyclic) bond motifs is 3. The van der Waals surface area contributed by atoms with Crippen molar-refractivity contribution >= 4 is 23.1 Å². The van der Waals surface area contributed by atoms with Crippen molar-refractivity contribution in [3.8, 4) is 5.75 Å². The predicted molar refractivity (Wildman–Crippen MR) is 148 cm³/mol. The van der Waals surface area contributed by atoms with Crippen LogP contribution in [0.2, 0.25) is 0 Å². The van der Waals surface area contributed by atoms with Gasteiger partial charge in [-0.25, -0.2) is 0 Å². The lowest BCUT2D eigenvalue weighted by Gasteiger charge is -2.56. The number of aliphatic hydroxyl groups is 3. The minimum atomic E-state index is -2.60. The first-order chi connectivity index (χ1) is 19.2. The fourth-order valence-corrected chi connectivity index (χ4v) is 7.83. The highest BCUT2D eigenvalue weighted by Crippen LogP contribution is 2.62. The molecule has 0 aromatic heterocycles. The van der Waals surface area contributed by atoms with Gasteiger partial charge >= 0.3 is 0 Å². The lowest BCUT2D eigenvalue weighted by atomic mass is 9.48. The van der Waals surface area contributed by atoms with Crippen LogP contribution in [-0.4, -0.2) is 62.4 Å². The molecular weight excluding hydrogens is 528 g/mol. The van der Waals surface area contributed by atoms with Crippen molar-refractivity contribution in [2.75, 3.05) is 13.2 Å². The number of aromatic hydroxyl groups is 1. The second kappa shape index (κ2) is 9.91. The number of rotatable bonds is 6. The molecule has 3 atom stereocenters. The summed E-state index contributed by atoms with van der Waals surface area (Å²) in [4.78, 5) is 52.9. The van der Waals surface area contributed by atoms with Crippen molar-refractivity contribution in [3.05, 3.63) is 51.0 Å². The van der Waals surface area contributed by atoms with Crippen LogP contribution in [0.5, 0.6) is 5.75 Å². The minimum Gasteiger partial charge on any atom is -0.511 e. The second-order valence-electron chi connectivity index (χ2n) is 12.7. The number of ether oxygens (including phenoxy) is 1. The number of benzene rings is 1. The van der Waals surface area contributed by atoms with E-state index in [0.717, 1.165) is 12.5 Å². The highest BCUT2D eigenvalue weighted by atomic mass is 16.5. The third-order valence-corrected chi connectivity index (χ3v) is 9.89. The summed E-state index contributed by atoms with van der Waals surface area (Å²) in [6.07, 6.45) is 2.45. The summed E-state index contributed by atoms with van der Waals surface area (Å²) in [5, 5.41) is 45.3. The topological polar surface area (TPSA) is 158 Å². The fraction of sp³-hybridized carbons (Fsp3) is 0.562. The van der Waals surface area contributed by atoms with E-state index in [4.69, 9.17) is 4.74 Å². The number of ketones is 4. The summed E-state index contributed by atoms with van der Waals surface area (Å²) in [5.41, 5.74) is -3.95. The Morgan fingerprint density at radius 1 is 1.05 bits per heavy atom. The Balaban J connectivity index is 1.62. The summed E-state index contributed by atoms with van der Waals surface area (Å²) in [5.74, 6) is -4.00. The first kappa shape index (κ1) is 29.2. The number of hydrogen-bond donors (Lipinski definition) is 4. The highest BCUT2D eigenvalue weighted by molar-refractivity contribution is 6.25. The zero-order valence-corrected chi connectivity index (χ0v) is 24.1. The van der Waals surface area contributed by atoms with E-state index in [1.54, 1.807) is 13.8 Å². The van der Waals surface area contributed by atoms with Crippen LogP contribution in [0.4, 0.5) is 0 Å². The molecule has 3 aliphatic carbocycles. The molecule has 0 saturated carbocycles. The number of Topliss-reactive ketones (excluding diaryl/α,β-unsaturated/α-hetero) is 4. The van der Waals surface area contributed by atoms with Crippen LogP contribution < -0.4 is 0 Å². The van der Waals surface area contributed by atoms with Crippen LogP contribution in [0.1, 0.15) is 86.8 Å². The van der Waals surface area contributed by atoms with Gasteiger partial charge in [-0.1, -0.05) is 26.8 Å². The Morgan fingerprint density at radius 3 is 2.32 bits per heavy atom. The molecule has 5 rings (SSSR count). The average Bonchev–Trinajstić information content (AvgIpc) is 2.90. The van der Waals surface area contributed by atoms with Crippen LogP contribution in [0, 0.1) is 16.7 Å². The van der Waals surface area contributed by atoms with Gasteiger partial charge in [0.15, 0.2) is 17.2 Å². The van der Waals surface area contributed by atoms with E-state index in [9.17, 15) is 39.6 Å². The van der Waals surface area contributed by atoms with Gasteiger partial charge in [0.2, 0.25) is 5.78 Å². The monoisotopic (exact) mass is 566 g/mol. The minimum absolute atomic E-state index is 0.0116. The van der Waals surface area contributed by atoms with Crippen molar-refractivity contribution in [1.82, 2.24) is 0 Å². The Morgan fingerprint density at radius 2 is 1.71 bits per heavy atom. The van der Waals surface area contributed by atoms with Crippen molar-refractivity contribution in [1.29, 1.82) is 0 Å². The fourth-order valence-electron chi connectivity index (χ4n) is 7.83. The van der Waals surface area contributed by atoms with E-state index in [1.807, 2.05) is 13.0 Å². The highest BCUT2D eigenvalue weighted by Gasteiger charge is 2.67. The molecule has 0 spiro atoms. The summed E-state index contributed by atoms with van der Waals surface area (Å²) in [6, 6.07) is 1.84. The number of aliphatic hydroxyl groups excluding tert-OH is 2. The Kier molecular flexibility index (Phi) is 7.06. The Hall–Kier alpha value is -3.30. The maximum Gasteiger partial charge on any atom is 0.209 e. The van der Waals surface area contributed by atoms with Crippen LogP contribution in [0.25, 0.3) is 0 Å². The lowest BCUT2D eigenvalue weighted by Crippen LogP contribution is -2.63. The molecule has 0 bridgehead atoms. The number of carbonyl (C=O) groups excluding carboxylic acids is 4. The molecule has 9 heteroatoms. The van der Waals surface area contributed by atoms with Gasteiger partial charge in [0, 0.05) is 48.4 Å². The first-order valence-corrected chi connectivity index (χ1v) is 14.4. The van der Waals surface area contributed by atoms with Gasteiger partial charge in [0.05, 0.1) is 5.56 Å². The third-order valence-electron chi connectivity index (χ3n) is 9.89. The zero-order valence-electron chi connectivity index (χ0n) is 24.1. The molecule has 1 aromatic rings. The quantitative estimate of drug-likeness (QED) is 0.374. The molecule has 220 valence electrons. The first-order valence-electron chi connectivity index (χ1n) is 14.4. The molecule has 1 saturated heterocycles. The predicted octanol–water partition coefficient (Wildman–Crippen LogP) is 3.96. The van der Waals surface area contributed by atoms with Gasteiger partial charge in [0.1, 0.15) is 28.6 Å². The Labute approximate surface area is 238 Å². The number of carbonyl (C=O) groups is 4. The molecular formula is C32H38O9. The molecule has 1 aliphatic heterocycles. The molecule has 0 radical (unpaired) electrons. The lowest BCUT2D eigenvalue weighted by molar-refractivity contribution is -0.159. The SMILES string of the molecule is CCc1cc(CCC(=O)C2CCOCC2)c2c(c1O)C(=O)C1=C(O)[C@@]3(O)C(=O)C(C(C)=O)=C(O)C[C@@]3(C)C[C@@]1(C)C2. The van der Waals surface area contributed by atoms with Gasteiger partial charge < -0.3 is 25.2 Å². The molecule has 1 aromatic carbocycles. The van der Waals surface area contributed by atoms with Gasteiger partial charge in [-0.2, -0.15) is 0 Å². The molecule has 4 N–H and O–H groups in total. The van der Waals surface area contributed by atoms with E-state index in [0.29, 0.717) is 50.0 Å². The van der Waals surface area contributed by atoms with Crippen molar-refractivity contribution in [3.63, 3.8) is 0 Å².